The number of carboxylic acid groups (broad SMARTS) is 1. The quantitative estimate of drug-likeness (QED) is 0.769. The predicted molar refractivity (Wildman–Crippen MR) is 96.2 cm³/mol. The lowest BCUT2D eigenvalue weighted by Crippen LogP contribution is -2.27. The number of aliphatic hydroxyl groups excluding tert-OH is 1. The monoisotopic (exact) mass is 424 g/mol. The summed E-state index contributed by atoms with van der Waals surface area (Å²) in [5, 5.41) is 18.3. The van der Waals surface area contributed by atoms with Gasteiger partial charge in [-0.1, -0.05) is 45.8 Å². The number of carboxylic acids is 1. The molecule has 0 saturated heterocycles. The molecule has 132 valence electrons. The zero-order valence-corrected chi connectivity index (χ0v) is 15.8. The normalized spacial score (nSPS) is 25.6. The summed E-state index contributed by atoms with van der Waals surface area (Å²) in [5.41, 5.74) is -0.233. The standard InChI is InChI=1S/C18H17BrO5S/c1-11-2-8-14(9-3-11)25(23,24)16-15(18(16,10-20)17(21)22)12-4-6-13(19)7-5-12/h2-9,15-16,20H,10H2,1H3,(H,21,22). The van der Waals surface area contributed by atoms with Crippen molar-refractivity contribution >= 4 is 31.7 Å². The molecule has 7 heteroatoms. The van der Waals surface area contributed by atoms with E-state index in [1.807, 2.05) is 6.92 Å². The topological polar surface area (TPSA) is 91.7 Å². The van der Waals surface area contributed by atoms with E-state index in [1.54, 1.807) is 36.4 Å². The third-order valence-electron chi connectivity index (χ3n) is 4.83. The Morgan fingerprint density at radius 3 is 2.16 bits per heavy atom. The van der Waals surface area contributed by atoms with Gasteiger partial charge in [0.05, 0.1) is 16.8 Å². The van der Waals surface area contributed by atoms with Crippen LogP contribution in [0, 0.1) is 12.3 Å². The Labute approximate surface area is 154 Å². The molecule has 3 unspecified atom stereocenters. The average Bonchev–Trinajstić information content (AvgIpc) is 3.27. The fraction of sp³-hybridized carbons (Fsp3) is 0.278. The number of sulfone groups is 1. The number of halogens is 1. The second-order valence-electron chi connectivity index (χ2n) is 6.31. The summed E-state index contributed by atoms with van der Waals surface area (Å²) in [6.45, 7) is 1.10. The maximum absolute atomic E-state index is 13.1. The van der Waals surface area contributed by atoms with Crippen LogP contribution in [0.25, 0.3) is 0 Å². The van der Waals surface area contributed by atoms with E-state index < -0.39 is 39.0 Å². The lowest BCUT2D eigenvalue weighted by atomic mass is 10.0. The van der Waals surface area contributed by atoms with E-state index in [9.17, 15) is 23.4 Å². The Morgan fingerprint density at radius 1 is 1.12 bits per heavy atom. The molecule has 1 saturated carbocycles. The molecule has 3 rings (SSSR count). The Morgan fingerprint density at radius 2 is 1.68 bits per heavy atom. The highest BCUT2D eigenvalue weighted by atomic mass is 79.9. The molecule has 0 aliphatic heterocycles. The molecule has 0 radical (unpaired) electrons. The van der Waals surface area contributed by atoms with Crippen LogP contribution in [0.3, 0.4) is 0 Å². The van der Waals surface area contributed by atoms with E-state index in [0.29, 0.717) is 5.56 Å². The minimum atomic E-state index is -3.91. The van der Waals surface area contributed by atoms with Gasteiger partial charge in [-0.05, 0) is 36.8 Å². The van der Waals surface area contributed by atoms with Gasteiger partial charge in [0, 0.05) is 10.4 Å². The lowest BCUT2D eigenvalue weighted by molar-refractivity contribution is -0.145. The van der Waals surface area contributed by atoms with Crippen LogP contribution in [-0.4, -0.2) is 36.5 Å². The second kappa shape index (κ2) is 6.23. The Hall–Kier alpha value is -1.70. The van der Waals surface area contributed by atoms with Crippen molar-refractivity contribution in [2.45, 2.75) is 23.0 Å². The molecule has 25 heavy (non-hydrogen) atoms. The van der Waals surface area contributed by atoms with Crippen LogP contribution in [0.1, 0.15) is 17.0 Å². The fourth-order valence-electron chi connectivity index (χ4n) is 3.39. The third-order valence-corrected chi connectivity index (χ3v) is 7.65. The fourth-order valence-corrected chi connectivity index (χ4v) is 6.02. The minimum Gasteiger partial charge on any atom is -0.481 e. The summed E-state index contributed by atoms with van der Waals surface area (Å²) in [6.07, 6.45) is 0. The molecule has 0 aromatic heterocycles. The van der Waals surface area contributed by atoms with Crippen LogP contribution < -0.4 is 0 Å². The summed E-state index contributed by atoms with van der Waals surface area (Å²) in [5.74, 6) is -2.10. The van der Waals surface area contributed by atoms with Gasteiger partial charge >= 0.3 is 5.97 Å². The van der Waals surface area contributed by atoms with Crippen LogP contribution in [0.2, 0.25) is 0 Å². The van der Waals surface area contributed by atoms with Gasteiger partial charge in [-0.25, -0.2) is 8.42 Å². The molecular formula is C18H17BrO5S. The summed E-state index contributed by atoms with van der Waals surface area (Å²) < 4.78 is 26.9. The van der Waals surface area contributed by atoms with Gasteiger partial charge in [0.1, 0.15) is 5.41 Å². The van der Waals surface area contributed by atoms with Crippen molar-refractivity contribution < 1.29 is 23.4 Å². The first-order chi connectivity index (χ1) is 11.7. The highest BCUT2D eigenvalue weighted by Crippen LogP contribution is 2.64. The van der Waals surface area contributed by atoms with Crippen molar-refractivity contribution in [1.29, 1.82) is 0 Å². The van der Waals surface area contributed by atoms with E-state index in [4.69, 9.17) is 0 Å². The molecule has 3 atom stereocenters. The molecule has 0 spiro atoms. The van der Waals surface area contributed by atoms with Crippen LogP contribution in [0.15, 0.2) is 57.9 Å². The van der Waals surface area contributed by atoms with Crippen LogP contribution >= 0.6 is 15.9 Å². The summed E-state index contributed by atoms with van der Waals surface area (Å²) in [6, 6.07) is 13.1. The maximum atomic E-state index is 13.1. The molecule has 1 fully saturated rings. The zero-order chi connectivity index (χ0) is 18.4. The first-order valence-electron chi connectivity index (χ1n) is 7.65. The zero-order valence-electron chi connectivity index (χ0n) is 13.4. The SMILES string of the molecule is Cc1ccc(S(=O)(=O)C2C(c3ccc(Br)cc3)C2(CO)C(=O)O)cc1. The molecule has 2 aromatic carbocycles. The Bertz CT molecular complexity index is 905. The third kappa shape index (κ3) is 2.80. The van der Waals surface area contributed by atoms with Gasteiger partial charge in [0.15, 0.2) is 9.84 Å². The van der Waals surface area contributed by atoms with Crippen LogP contribution in [0.5, 0.6) is 0 Å². The van der Waals surface area contributed by atoms with Crippen molar-refractivity contribution in [3.05, 3.63) is 64.1 Å². The van der Waals surface area contributed by atoms with Gasteiger partial charge in [-0.15, -0.1) is 0 Å². The van der Waals surface area contributed by atoms with Crippen LogP contribution in [0.4, 0.5) is 0 Å². The van der Waals surface area contributed by atoms with Crippen LogP contribution in [-0.2, 0) is 14.6 Å². The van der Waals surface area contributed by atoms with Gasteiger partial charge in [0.25, 0.3) is 0 Å². The molecule has 0 amide bonds. The van der Waals surface area contributed by atoms with Gasteiger partial charge in [-0.3, -0.25) is 4.79 Å². The number of rotatable bonds is 5. The minimum absolute atomic E-state index is 0.0711. The number of aliphatic carboxylic acids is 1. The molecule has 0 bridgehead atoms. The average molecular weight is 425 g/mol. The van der Waals surface area contributed by atoms with E-state index in [2.05, 4.69) is 15.9 Å². The largest absolute Gasteiger partial charge is 0.481 e. The summed E-state index contributed by atoms with van der Waals surface area (Å²) >= 11 is 3.30. The molecule has 2 aromatic rings. The van der Waals surface area contributed by atoms with Crippen molar-refractivity contribution in [3.8, 4) is 0 Å². The van der Waals surface area contributed by atoms with Gasteiger partial charge in [0.2, 0.25) is 0 Å². The van der Waals surface area contributed by atoms with E-state index in [1.165, 1.54) is 12.1 Å². The maximum Gasteiger partial charge on any atom is 0.314 e. The highest BCUT2D eigenvalue weighted by Gasteiger charge is 2.75. The summed E-state index contributed by atoms with van der Waals surface area (Å²) in [7, 11) is -3.91. The predicted octanol–water partition coefficient (Wildman–Crippen LogP) is 2.76. The number of benzene rings is 2. The van der Waals surface area contributed by atoms with E-state index in [0.717, 1.165) is 10.0 Å². The number of aliphatic hydroxyl groups is 1. The smallest absolute Gasteiger partial charge is 0.314 e. The molecule has 1 aliphatic rings. The second-order valence-corrected chi connectivity index (χ2v) is 9.30. The summed E-state index contributed by atoms with van der Waals surface area (Å²) in [4.78, 5) is 11.9. The lowest BCUT2D eigenvalue weighted by Gasteiger charge is -2.09. The number of hydrogen-bond acceptors (Lipinski definition) is 4. The van der Waals surface area contributed by atoms with Crippen molar-refractivity contribution in [2.24, 2.45) is 5.41 Å². The van der Waals surface area contributed by atoms with E-state index >= 15 is 0 Å². The highest BCUT2D eigenvalue weighted by molar-refractivity contribution is 9.10. The Kier molecular flexibility index (Phi) is 4.51. The first-order valence-corrected chi connectivity index (χ1v) is 9.99. The molecule has 5 nitrogen and oxygen atoms in total. The number of carbonyl (C=O) groups is 1. The molecule has 1 aliphatic carbocycles. The van der Waals surface area contributed by atoms with Gasteiger partial charge in [-0.2, -0.15) is 0 Å². The van der Waals surface area contributed by atoms with Crippen molar-refractivity contribution in [2.75, 3.05) is 6.61 Å². The number of aryl methyl sites for hydroxylation is 1. The number of hydrogen-bond donors (Lipinski definition) is 2. The van der Waals surface area contributed by atoms with Gasteiger partial charge < -0.3 is 10.2 Å². The first kappa shape index (κ1) is 18.1. The molecule has 0 heterocycles. The molecular weight excluding hydrogens is 408 g/mol. The molecule has 2 N–H and O–H groups in total. The van der Waals surface area contributed by atoms with Crippen molar-refractivity contribution in [1.82, 2.24) is 0 Å². The van der Waals surface area contributed by atoms with Crippen molar-refractivity contribution in [3.63, 3.8) is 0 Å². The van der Waals surface area contributed by atoms with E-state index in [-0.39, 0.29) is 4.90 Å². The Balaban J connectivity index is 2.10.